The predicted molar refractivity (Wildman–Crippen MR) is 126 cm³/mol. The molecular weight excluding hydrogens is 419 g/mol. The number of halogens is 1. The number of nitrogens with one attached hydrogen (secondary N) is 3. The summed E-state index contributed by atoms with van der Waals surface area (Å²) in [7, 11) is 1.80. The minimum absolute atomic E-state index is 0.0424. The van der Waals surface area contributed by atoms with Crippen LogP contribution in [0.15, 0.2) is 78.9 Å². The number of nitrogens with zero attached hydrogens (tertiary/aromatic N) is 1. The largest absolute Gasteiger partial charge is 0.352 e. The molecule has 0 radical (unpaired) electrons. The number of carbonyl (C=O) groups is 2. The Morgan fingerprint density at radius 3 is 2.33 bits per heavy atom. The van der Waals surface area contributed by atoms with Crippen LogP contribution in [0.1, 0.15) is 22.7 Å². The van der Waals surface area contributed by atoms with E-state index in [4.69, 9.17) is 0 Å². The molecule has 1 fully saturated rings. The highest BCUT2D eigenvalue weighted by atomic mass is 19.1. The van der Waals surface area contributed by atoms with Crippen molar-refractivity contribution < 1.29 is 14.0 Å². The van der Waals surface area contributed by atoms with Gasteiger partial charge in [-0.2, -0.15) is 0 Å². The number of para-hydroxylation sites is 1. The molecule has 3 N–H and O–H groups in total. The molecule has 0 spiro atoms. The molecule has 2 amide bonds. The maximum atomic E-state index is 13.1. The normalized spacial score (nSPS) is 17.5. The molecule has 6 nitrogen and oxygen atoms in total. The first-order chi connectivity index (χ1) is 16.0. The van der Waals surface area contributed by atoms with E-state index in [1.807, 2.05) is 54.6 Å². The molecule has 170 valence electrons. The third-order valence-electron chi connectivity index (χ3n) is 5.88. The number of hydrogen-bond acceptors (Lipinski definition) is 4. The monoisotopic (exact) mass is 446 g/mol. The molecule has 0 aliphatic carbocycles. The molecule has 3 aromatic rings. The lowest BCUT2D eigenvalue weighted by Crippen LogP contribution is -2.36. The topological polar surface area (TPSA) is 73.5 Å². The highest BCUT2D eigenvalue weighted by Crippen LogP contribution is 2.28. The van der Waals surface area contributed by atoms with Crippen LogP contribution in [-0.2, 0) is 22.6 Å². The lowest BCUT2D eigenvalue weighted by Gasteiger charge is -2.24. The van der Waals surface area contributed by atoms with Crippen LogP contribution in [0, 0.1) is 11.7 Å². The Morgan fingerprint density at radius 2 is 1.64 bits per heavy atom. The van der Waals surface area contributed by atoms with E-state index in [1.165, 1.54) is 12.1 Å². The van der Waals surface area contributed by atoms with E-state index >= 15 is 0 Å². The van der Waals surface area contributed by atoms with Gasteiger partial charge >= 0.3 is 0 Å². The molecule has 1 saturated heterocycles. The van der Waals surface area contributed by atoms with Crippen LogP contribution in [0.4, 0.5) is 10.1 Å². The summed E-state index contributed by atoms with van der Waals surface area (Å²) in [5, 5.41) is 2.89. The molecule has 7 heteroatoms. The Labute approximate surface area is 192 Å². The molecule has 2 atom stereocenters. The minimum Gasteiger partial charge on any atom is -0.352 e. The molecule has 1 aliphatic heterocycles. The van der Waals surface area contributed by atoms with Gasteiger partial charge in [0.2, 0.25) is 11.8 Å². The van der Waals surface area contributed by atoms with E-state index in [9.17, 15) is 14.0 Å². The molecule has 2 unspecified atom stereocenters. The molecular formula is C26H27FN4O2. The second-order valence-electron chi connectivity index (χ2n) is 8.16. The van der Waals surface area contributed by atoms with Crippen LogP contribution in [0.2, 0.25) is 0 Å². The number of carbonyl (C=O) groups excluding carboxylic acids is 2. The number of hydrogen-bond donors (Lipinski definition) is 3. The van der Waals surface area contributed by atoms with E-state index < -0.39 is 0 Å². The van der Waals surface area contributed by atoms with Crippen LogP contribution in [0.25, 0.3) is 0 Å². The summed E-state index contributed by atoms with van der Waals surface area (Å²) < 4.78 is 13.0. The smallest absolute Gasteiger partial charge is 0.233 e. The van der Waals surface area contributed by atoms with Crippen LogP contribution in [0.3, 0.4) is 0 Å². The Balaban J connectivity index is 1.34. The quantitative estimate of drug-likeness (QED) is 0.522. The maximum Gasteiger partial charge on any atom is 0.233 e. The molecule has 3 aromatic carbocycles. The van der Waals surface area contributed by atoms with Gasteiger partial charge in [-0.3, -0.25) is 15.0 Å². The first-order valence-corrected chi connectivity index (χ1v) is 10.9. The SMILES string of the molecule is CN(C(=O)C1CNNC1c1ccc(CNC(=O)Cc2ccc(F)cc2)cc1)c1ccccc1. The van der Waals surface area contributed by atoms with E-state index in [1.54, 1.807) is 24.1 Å². The van der Waals surface area contributed by atoms with Gasteiger partial charge < -0.3 is 10.2 Å². The van der Waals surface area contributed by atoms with Crippen molar-refractivity contribution in [1.82, 2.24) is 16.2 Å². The van der Waals surface area contributed by atoms with Gasteiger partial charge in [-0.15, -0.1) is 0 Å². The fraction of sp³-hybridized carbons (Fsp3) is 0.231. The molecule has 4 rings (SSSR count). The van der Waals surface area contributed by atoms with Crippen molar-refractivity contribution in [3.8, 4) is 0 Å². The van der Waals surface area contributed by atoms with Gasteiger partial charge in [0.15, 0.2) is 0 Å². The molecule has 1 heterocycles. The summed E-state index contributed by atoms with van der Waals surface area (Å²) in [6.45, 7) is 0.942. The fourth-order valence-corrected chi connectivity index (χ4v) is 3.96. The maximum absolute atomic E-state index is 13.1. The first-order valence-electron chi connectivity index (χ1n) is 10.9. The molecule has 0 bridgehead atoms. The summed E-state index contributed by atoms with van der Waals surface area (Å²) in [5.41, 5.74) is 9.91. The van der Waals surface area contributed by atoms with Gasteiger partial charge in [-0.25, -0.2) is 9.82 Å². The number of benzene rings is 3. The second-order valence-corrected chi connectivity index (χ2v) is 8.16. The Hall–Kier alpha value is -3.55. The van der Waals surface area contributed by atoms with Gasteiger partial charge in [-0.05, 0) is 41.0 Å². The fourth-order valence-electron chi connectivity index (χ4n) is 3.96. The number of amides is 2. The van der Waals surface area contributed by atoms with Crippen LogP contribution >= 0.6 is 0 Å². The Kier molecular flexibility index (Phi) is 7.12. The molecule has 0 aromatic heterocycles. The van der Waals surface area contributed by atoms with Crippen LogP contribution in [-0.4, -0.2) is 25.4 Å². The highest BCUT2D eigenvalue weighted by Gasteiger charge is 2.35. The number of hydrazine groups is 1. The van der Waals surface area contributed by atoms with Gasteiger partial charge in [-0.1, -0.05) is 54.6 Å². The van der Waals surface area contributed by atoms with Gasteiger partial charge in [0.1, 0.15) is 5.82 Å². The zero-order valence-electron chi connectivity index (χ0n) is 18.4. The summed E-state index contributed by atoms with van der Waals surface area (Å²) in [5.74, 6) is -0.638. The molecule has 0 saturated carbocycles. The van der Waals surface area contributed by atoms with Crippen molar-refractivity contribution in [3.05, 3.63) is 101 Å². The highest BCUT2D eigenvalue weighted by molar-refractivity contribution is 5.95. The summed E-state index contributed by atoms with van der Waals surface area (Å²) >= 11 is 0. The van der Waals surface area contributed by atoms with E-state index in [0.717, 1.165) is 22.4 Å². The second kappa shape index (κ2) is 10.4. The number of anilines is 1. The first kappa shape index (κ1) is 22.6. The van der Waals surface area contributed by atoms with E-state index in [-0.39, 0.29) is 36.0 Å². The molecule has 33 heavy (non-hydrogen) atoms. The third-order valence-corrected chi connectivity index (χ3v) is 5.88. The van der Waals surface area contributed by atoms with Crippen molar-refractivity contribution in [2.24, 2.45) is 5.92 Å². The zero-order chi connectivity index (χ0) is 23.2. The van der Waals surface area contributed by atoms with Crippen LogP contribution in [0.5, 0.6) is 0 Å². The summed E-state index contributed by atoms with van der Waals surface area (Å²) in [6.07, 6.45) is 0.203. The predicted octanol–water partition coefficient (Wildman–Crippen LogP) is 3.11. The Morgan fingerprint density at radius 1 is 0.970 bits per heavy atom. The van der Waals surface area contributed by atoms with Crippen molar-refractivity contribution in [2.45, 2.75) is 19.0 Å². The van der Waals surface area contributed by atoms with Gasteiger partial charge in [0.05, 0.1) is 18.4 Å². The lowest BCUT2D eigenvalue weighted by molar-refractivity contribution is -0.122. The summed E-state index contributed by atoms with van der Waals surface area (Å²) in [6, 6.07) is 23.2. The van der Waals surface area contributed by atoms with Gasteiger partial charge in [0, 0.05) is 25.8 Å². The average molecular weight is 447 g/mol. The van der Waals surface area contributed by atoms with Crippen molar-refractivity contribution in [2.75, 3.05) is 18.5 Å². The van der Waals surface area contributed by atoms with Crippen LogP contribution < -0.4 is 21.1 Å². The van der Waals surface area contributed by atoms with Crippen molar-refractivity contribution in [3.63, 3.8) is 0 Å². The van der Waals surface area contributed by atoms with E-state index in [0.29, 0.717) is 13.1 Å². The average Bonchev–Trinajstić information content (AvgIpc) is 3.34. The van der Waals surface area contributed by atoms with Crippen molar-refractivity contribution in [1.29, 1.82) is 0 Å². The minimum atomic E-state index is -0.318. The summed E-state index contributed by atoms with van der Waals surface area (Å²) in [4.78, 5) is 27.0. The number of rotatable bonds is 7. The van der Waals surface area contributed by atoms with Gasteiger partial charge in [0.25, 0.3) is 0 Å². The zero-order valence-corrected chi connectivity index (χ0v) is 18.4. The molecule has 1 aliphatic rings. The third kappa shape index (κ3) is 5.63. The Bertz CT molecular complexity index is 1090. The van der Waals surface area contributed by atoms with Crippen molar-refractivity contribution >= 4 is 17.5 Å². The standard InChI is InChI=1S/C26H27FN4O2/c1-31(22-5-3-2-4-6-22)26(33)23-17-29-30-25(23)20-11-7-19(8-12-20)16-28-24(32)15-18-9-13-21(27)14-10-18/h2-14,23,25,29-30H,15-17H2,1H3,(H,28,32). The lowest BCUT2D eigenvalue weighted by atomic mass is 9.93. The van der Waals surface area contributed by atoms with E-state index in [2.05, 4.69) is 16.2 Å².